The molecule has 1 aromatic carbocycles. The highest BCUT2D eigenvalue weighted by atomic mass is 16.1. The standard InChI is InChI=1S/C16H18N2O/c1-11-5-4-6-12(9-11)15(19)10-16-17-13-7-2-3-8-14(13)18-16/h4-6,9H,2-3,7-8,10H2,1H3,(H,17,18). The number of aromatic amines is 1. The van der Waals surface area contributed by atoms with Crippen LogP contribution in [0.15, 0.2) is 24.3 Å². The second-order valence-electron chi connectivity index (χ2n) is 5.29. The number of nitrogens with one attached hydrogen (secondary N) is 1. The number of carbonyl (C=O) groups excluding carboxylic acids is 1. The third-order valence-electron chi connectivity index (χ3n) is 3.67. The molecule has 3 nitrogen and oxygen atoms in total. The van der Waals surface area contributed by atoms with Crippen molar-refractivity contribution in [3.63, 3.8) is 0 Å². The lowest BCUT2D eigenvalue weighted by atomic mass is 10.0. The molecule has 1 aliphatic rings. The molecule has 0 saturated carbocycles. The van der Waals surface area contributed by atoms with E-state index in [1.807, 2.05) is 31.2 Å². The van der Waals surface area contributed by atoms with Crippen LogP contribution in [0.2, 0.25) is 0 Å². The second-order valence-corrected chi connectivity index (χ2v) is 5.29. The van der Waals surface area contributed by atoms with E-state index in [0.29, 0.717) is 6.42 Å². The summed E-state index contributed by atoms with van der Waals surface area (Å²) < 4.78 is 0. The lowest BCUT2D eigenvalue weighted by Crippen LogP contribution is -2.05. The van der Waals surface area contributed by atoms with Crippen LogP contribution < -0.4 is 0 Å². The molecule has 0 amide bonds. The summed E-state index contributed by atoms with van der Waals surface area (Å²) in [6.07, 6.45) is 4.92. The lowest BCUT2D eigenvalue weighted by molar-refractivity contribution is 0.0991. The van der Waals surface area contributed by atoms with Gasteiger partial charge in [-0.1, -0.05) is 23.8 Å². The van der Waals surface area contributed by atoms with E-state index in [2.05, 4.69) is 9.97 Å². The van der Waals surface area contributed by atoms with Crippen molar-refractivity contribution < 1.29 is 4.79 Å². The van der Waals surface area contributed by atoms with E-state index >= 15 is 0 Å². The zero-order chi connectivity index (χ0) is 13.2. The van der Waals surface area contributed by atoms with E-state index in [0.717, 1.165) is 29.8 Å². The fourth-order valence-corrected chi connectivity index (χ4v) is 2.67. The van der Waals surface area contributed by atoms with Crippen molar-refractivity contribution in [2.75, 3.05) is 0 Å². The van der Waals surface area contributed by atoms with Gasteiger partial charge in [-0.25, -0.2) is 4.98 Å². The topological polar surface area (TPSA) is 45.8 Å². The minimum atomic E-state index is 0.134. The summed E-state index contributed by atoms with van der Waals surface area (Å²) in [7, 11) is 0. The van der Waals surface area contributed by atoms with Gasteiger partial charge in [0.05, 0.1) is 12.1 Å². The second kappa shape index (κ2) is 5.00. The molecular weight excluding hydrogens is 236 g/mol. The van der Waals surface area contributed by atoms with Gasteiger partial charge in [-0.05, 0) is 38.7 Å². The molecule has 0 bridgehead atoms. The molecule has 1 aliphatic carbocycles. The van der Waals surface area contributed by atoms with Crippen molar-refractivity contribution >= 4 is 5.78 Å². The van der Waals surface area contributed by atoms with E-state index < -0.39 is 0 Å². The summed E-state index contributed by atoms with van der Waals surface area (Å²) in [5.41, 5.74) is 4.29. The Morgan fingerprint density at radius 3 is 2.95 bits per heavy atom. The van der Waals surface area contributed by atoms with Gasteiger partial charge in [0.15, 0.2) is 5.78 Å². The Morgan fingerprint density at radius 1 is 1.32 bits per heavy atom. The Labute approximate surface area is 113 Å². The predicted molar refractivity (Wildman–Crippen MR) is 74.4 cm³/mol. The highest BCUT2D eigenvalue weighted by molar-refractivity contribution is 5.97. The Kier molecular flexibility index (Phi) is 3.20. The number of carbonyl (C=O) groups is 1. The summed E-state index contributed by atoms with van der Waals surface area (Å²) in [6, 6.07) is 7.74. The van der Waals surface area contributed by atoms with Gasteiger partial charge >= 0.3 is 0 Å². The zero-order valence-electron chi connectivity index (χ0n) is 11.2. The first-order valence-corrected chi connectivity index (χ1v) is 6.89. The van der Waals surface area contributed by atoms with Crippen LogP contribution >= 0.6 is 0 Å². The average molecular weight is 254 g/mol. The highest BCUT2D eigenvalue weighted by Crippen LogP contribution is 2.19. The quantitative estimate of drug-likeness (QED) is 0.856. The molecule has 0 spiro atoms. The number of benzene rings is 1. The van der Waals surface area contributed by atoms with E-state index in [1.54, 1.807) is 0 Å². The van der Waals surface area contributed by atoms with Crippen LogP contribution in [0.1, 0.15) is 46.0 Å². The molecule has 1 aromatic heterocycles. The number of H-pyrrole nitrogens is 1. The molecule has 0 atom stereocenters. The molecule has 0 unspecified atom stereocenters. The van der Waals surface area contributed by atoms with Crippen LogP contribution in [0.3, 0.4) is 0 Å². The molecule has 1 heterocycles. The number of aryl methyl sites for hydroxylation is 3. The van der Waals surface area contributed by atoms with Crippen LogP contribution in [-0.2, 0) is 19.3 Å². The molecular formula is C16H18N2O. The van der Waals surface area contributed by atoms with Crippen LogP contribution in [-0.4, -0.2) is 15.8 Å². The van der Waals surface area contributed by atoms with Crippen molar-refractivity contribution in [1.82, 2.24) is 9.97 Å². The number of hydrogen-bond acceptors (Lipinski definition) is 2. The van der Waals surface area contributed by atoms with Crippen molar-refractivity contribution in [2.24, 2.45) is 0 Å². The van der Waals surface area contributed by atoms with Crippen LogP contribution in [0.5, 0.6) is 0 Å². The molecule has 0 aliphatic heterocycles. The van der Waals surface area contributed by atoms with Crippen molar-refractivity contribution in [1.29, 1.82) is 0 Å². The summed E-state index contributed by atoms with van der Waals surface area (Å²) in [4.78, 5) is 20.1. The van der Waals surface area contributed by atoms with Gasteiger partial charge in [0.1, 0.15) is 5.82 Å². The summed E-state index contributed by atoms with van der Waals surface area (Å²) in [5.74, 6) is 0.952. The zero-order valence-corrected chi connectivity index (χ0v) is 11.2. The van der Waals surface area contributed by atoms with E-state index in [1.165, 1.54) is 24.2 Å². The Morgan fingerprint density at radius 2 is 2.16 bits per heavy atom. The minimum Gasteiger partial charge on any atom is -0.345 e. The maximum atomic E-state index is 12.2. The Hall–Kier alpha value is -1.90. The smallest absolute Gasteiger partial charge is 0.170 e. The third-order valence-corrected chi connectivity index (χ3v) is 3.67. The highest BCUT2D eigenvalue weighted by Gasteiger charge is 2.16. The SMILES string of the molecule is Cc1cccc(C(=O)Cc2nc3c([nH]2)CCCC3)c1. The Balaban J connectivity index is 1.77. The predicted octanol–water partition coefficient (Wildman–Crippen LogP) is 3.02. The molecule has 19 heavy (non-hydrogen) atoms. The van der Waals surface area contributed by atoms with Crippen molar-refractivity contribution in [2.45, 2.75) is 39.0 Å². The number of imidazole rings is 1. The minimum absolute atomic E-state index is 0.134. The van der Waals surface area contributed by atoms with Gasteiger partial charge in [0.2, 0.25) is 0 Å². The van der Waals surface area contributed by atoms with Gasteiger partial charge < -0.3 is 4.98 Å². The van der Waals surface area contributed by atoms with Gasteiger partial charge in [0.25, 0.3) is 0 Å². The van der Waals surface area contributed by atoms with E-state index in [-0.39, 0.29) is 5.78 Å². The molecule has 3 heteroatoms. The number of ketones is 1. The molecule has 3 rings (SSSR count). The number of Topliss-reactive ketones (excluding diaryl/α,β-unsaturated/α-hetero) is 1. The number of rotatable bonds is 3. The monoisotopic (exact) mass is 254 g/mol. The maximum absolute atomic E-state index is 12.2. The van der Waals surface area contributed by atoms with Crippen molar-refractivity contribution in [3.8, 4) is 0 Å². The summed E-state index contributed by atoms with van der Waals surface area (Å²) in [6.45, 7) is 2.00. The van der Waals surface area contributed by atoms with Gasteiger partial charge in [-0.2, -0.15) is 0 Å². The average Bonchev–Trinajstić information content (AvgIpc) is 2.80. The largest absolute Gasteiger partial charge is 0.345 e. The first-order chi connectivity index (χ1) is 9.22. The van der Waals surface area contributed by atoms with Gasteiger partial charge in [-0.15, -0.1) is 0 Å². The fraction of sp³-hybridized carbons (Fsp3) is 0.375. The van der Waals surface area contributed by atoms with Gasteiger partial charge in [0, 0.05) is 11.3 Å². The molecule has 0 saturated heterocycles. The first kappa shape index (κ1) is 12.2. The van der Waals surface area contributed by atoms with E-state index in [4.69, 9.17) is 0 Å². The van der Waals surface area contributed by atoms with E-state index in [9.17, 15) is 4.79 Å². The number of fused-ring (bicyclic) bond motifs is 1. The first-order valence-electron chi connectivity index (χ1n) is 6.89. The number of aromatic nitrogens is 2. The van der Waals surface area contributed by atoms with Gasteiger partial charge in [-0.3, -0.25) is 4.79 Å². The molecule has 2 aromatic rings. The summed E-state index contributed by atoms with van der Waals surface area (Å²) in [5, 5.41) is 0. The molecule has 0 radical (unpaired) electrons. The molecule has 0 fully saturated rings. The normalized spacial score (nSPS) is 14.2. The summed E-state index contributed by atoms with van der Waals surface area (Å²) >= 11 is 0. The lowest BCUT2D eigenvalue weighted by Gasteiger charge is -2.07. The fourth-order valence-electron chi connectivity index (χ4n) is 2.67. The number of nitrogens with zero attached hydrogens (tertiary/aromatic N) is 1. The van der Waals surface area contributed by atoms with Crippen LogP contribution in [0.4, 0.5) is 0 Å². The third kappa shape index (κ3) is 2.60. The molecule has 1 N–H and O–H groups in total. The Bertz CT molecular complexity index is 589. The van der Waals surface area contributed by atoms with Crippen LogP contribution in [0, 0.1) is 6.92 Å². The van der Waals surface area contributed by atoms with Crippen molar-refractivity contribution in [3.05, 3.63) is 52.6 Å². The molecule has 98 valence electrons. The maximum Gasteiger partial charge on any atom is 0.170 e. The number of hydrogen-bond donors (Lipinski definition) is 1. The van der Waals surface area contributed by atoms with Crippen LogP contribution in [0.25, 0.3) is 0 Å².